The molecule has 67 heavy (non-hydrogen) atoms. The fourth-order valence-corrected chi connectivity index (χ4v) is 8.60. The molecule has 0 rings (SSSR count). The molecule has 0 saturated carbocycles. The highest BCUT2D eigenvalue weighted by atomic mass is 16.6. The molecule has 0 aromatic heterocycles. The summed E-state index contributed by atoms with van der Waals surface area (Å²) in [6, 6.07) is 0. The summed E-state index contributed by atoms with van der Waals surface area (Å²) in [6.07, 6.45) is 67.1. The number of unbranched alkanes of at least 4 members (excludes halogenated alkanes) is 37. The highest BCUT2D eigenvalue weighted by molar-refractivity contribution is 5.71. The number of allylic oxidation sites excluding steroid dienone is 6. The second-order valence-corrected chi connectivity index (χ2v) is 19.9. The summed E-state index contributed by atoms with van der Waals surface area (Å²) in [4.78, 5) is 38.1. The van der Waals surface area contributed by atoms with Crippen LogP contribution in [0.5, 0.6) is 0 Å². The van der Waals surface area contributed by atoms with Crippen LogP contribution in [0.25, 0.3) is 0 Å². The molecule has 6 heteroatoms. The van der Waals surface area contributed by atoms with Gasteiger partial charge in [-0.05, 0) is 96.3 Å². The van der Waals surface area contributed by atoms with Crippen LogP contribution >= 0.6 is 0 Å². The van der Waals surface area contributed by atoms with Gasteiger partial charge in [0.25, 0.3) is 0 Å². The molecule has 0 saturated heterocycles. The van der Waals surface area contributed by atoms with E-state index in [-0.39, 0.29) is 31.1 Å². The Bertz CT molecular complexity index is 1130. The second-order valence-electron chi connectivity index (χ2n) is 19.9. The van der Waals surface area contributed by atoms with Gasteiger partial charge in [-0.3, -0.25) is 14.4 Å². The van der Waals surface area contributed by atoms with Crippen LogP contribution in [0.3, 0.4) is 0 Å². The van der Waals surface area contributed by atoms with Gasteiger partial charge in [0.1, 0.15) is 13.2 Å². The molecule has 0 aromatic rings. The molecule has 0 unspecified atom stereocenters. The van der Waals surface area contributed by atoms with Gasteiger partial charge >= 0.3 is 17.9 Å². The lowest BCUT2D eigenvalue weighted by Crippen LogP contribution is -2.30. The van der Waals surface area contributed by atoms with E-state index in [1.165, 1.54) is 212 Å². The van der Waals surface area contributed by atoms with Crippen molar-refractivity contribution in [3.63, 3.8) is 0 Å². The molecular weight excluding hydrogens is 829 g/mol. The normalized spacial score (nSPS) is 12.2. The third-order valence-electron chi connectivity index (χ3n) is 13.1. The van der Waals surface area contributed by atoms with Crippen LogP contribution in [-0.2, 0) is 28.6 Å². The van der Waals surface area contributed by atoms with Crippen molar-refractivity contribution >= 4 is 17.9 Å². The van der Waals surface area contributed by atoms with Gasteiger partial charge < -0.3 is 14.2 Å². The van der Waals surface area contributed by atoms with Crippen LogP contribution in [0.15, 0.2) is 36.5 Å². The van der Waals surface area contributed by atoms with Crippen molar-refractivity contribution in [2.24, 2.45) is 0 Å². The molecule has 0 spiro atoms. The van der Waals surface area contributed by atoms with Crippen molar-refractivity contribution in [3.8, 4) is 0 Å². The molecule has 0 radical (unpaired) electrons. The van der Waals surface area contributed by atoms with Crippen LogP contribution in [0.2, 0.25) is 0 Å². The first-order valence-electron chi connectivity index (χ1n) is 29.5. The summed E-state index contributed by atoms with van der Waals surface area (Å²) in [5.74, 6) is -0.873. The van der Waals surface area contributed by atoms with Crippen molar-refractivity contribution in [1.29, 1.82) is 0 Å². The van der Waals surface area contributed by atoms with Gasteiger partial charge in [-0.2, -0.15) is 0 Å². The van der Waals surface area contributed by atoms with Gasteiger partial charge in [-0.25, -0.2) is 0 Å². The summed E-state index contributed by atoms with van der Waals surface area (Å²) >= 11 is 0. The zero-order chi connectivity index (χ0) is 48.6. The molecule has 392 valence electrons. The number of carbonyl (C=O) groups is 3. The Hall–Kier alpha value is -2.37. The van der Waals surface area contributed by atoms with Crippen molar-refractivity contribution in [2.75, 3.05) is 13.2 Å². The molecule has 0 aliphatic carbocycles. The molecule has 1 atom stereocenters. The van der Waals surface area contributed by atoms with Crippen LogP contribution in [0.1, 0.15) is 316 Å². The van der Waals surface area contributed by atoms with E-state index in [0.717, 1.165) is 64.2 Å². The predicted molar refractivity (Wildman–Crippen MR) is 289 cm³/mol. The highest BCUT2D eigenvalue weighted by Gasteiger charge is 2.19. The SMILES string of the molecule is CCCCCC/C=C\CCCCCCCCCC(=O)O[C@@H](COC(=O)CCCCCCC/C=C\CCCCCC)COC(=O)CCCCCCCCCCCCC/C=C\CCCCCCCC. The van der Waals surface area contributed by atoms with E-state index < -0.39 is 6.10 Å². The maximum atomic E-state index is 12.8. The summed E-state index contributed by atoms with van der Waals surface area (Å²) in [5.41, 5.74) is 0. The van der Waals surface area contributed by atoms with Gasteiger partial charge in [-0.15, -0.1) is 0 Å². The minimum absolute atomic E-state index is 0.0744. The Morgan fingerprint density at radius 2 is 0.493 bits per heavy atom. The average Bonchev–Trinajstić information content (AvgIpc) is 3.33. The van der Waals surface area contributed by atoms with E-state index in [1.807, 2.05) is 0 Å². The van der Waals surface area contributed by atoms with Gasteiger partial charge in [0.2, 0.25) is 0 Å². The minimum Gasteiger partial charge on any atom is -0.462 e. The molecule has 0 amide bonds. The zero-order valence-corrected chi connectivity index (χ0v) is 44.9. The van der Waals surface area contributed by atoms with E-state index in [2.05, 4.69) is 57.2 Å². The van der Waals surface area contributed by atoms with Crippen molar-refractivity contribution in [1.82, 2.24) is 0 Å². The summed E-state index contributed by atoms with van der Waals surface area (Å²) < 4.78 is 16.9. The first-order chi connectivity index (χ1) is 33.0. The molecule has 0 bridgehead atoms. The number of carbonyl (C=O) groups excluding carboxylic acids is 3. The lowest BCUT2D eigenvalue weighted by molar-refractivity contribution is -0.167. The summed E-state index contributed by atoms with van der Waals surface area (Å²) in [5, 5.41) is 0. The molecular formula is C61H112O6. The van der Waals surface area contributed by atoms with Gasteiger partial charge in [0.05, 0.1) is 0 Å². The quantitative estimate of drug-likeness (QED) is 0.0262. The smallest absolute Gasteiger partial charge is 0.306 e. The summed E-state index contributed by atoms with van der Waals surface area (Å²) in [7, 11) is 0. The van der Waals surface area contributed by atoms with Crippen LogP contribution in [0.4, 0.5) is 0 Å². The lowest BCUT2D eigenvalue weighted by atomic mass is 10.0. The van der Waals surface area contributed by atoms with E-state index in [4.69, 9.17) is 14.2 Å². The molecule has 0 fully saturated rings. The fraction of sp³-hybridized carbons (Fsp3) is 0.852. The zero-order valence-electron chi connectivity index (χ0n) is 44.9. The average molecular weight is 942 g/mol. The van der Waals surface area contributed by atoms with Crippen molar-refractivity contribution in [3.05, 3.63) is 36.5 Å². The Kier molecular flexibility index (Phi) is 54.2. The number of hydrogen-bond donors (Lipinski definition) is 0. The molecule has 0 heterocycles. The molecule has 0 aliphatic rings. The van der Waals surface area contributed by atoms with Crippen molar-refractivity contribution in [2.45, 2.75) is 322 Å². The molecule has 0 N–H and O–H groups in total. The predicted octanol–water partition coefficient (Wildman–Crippen LogP) is 19.7. The lowest BCUT2D eigenvalue weighted by Gasteiger charge is -2.18. The minimum atomic E-state index is -0.776. The topological polar surface area (TPSA) is 78.9 Å². The summed E-state index contributed by atoms with van der Waals surface area (Å²) in [6.45, 7) is 6.63. The largest absolute Gasteiger partial charge is 0.462 e. The van der Waals surface area contributed by atoms with Gasteiger partial charge in [0.15, 0.2) is 6.10 Å². The number of rotatable bonds is 54. The third kappa shape index (κ3) is 54.4. The molecule has 0 aromatic carbocycles. The Labute approximate surface area is 416 Å². The van der Waals surface area contributed by atoms with Crippen molar-refractivity contribution < 1.29 is 28.6 Å². The number of ether oxygens (including phenoxy) is 3. The fourth-order valence-electron chi connectivity index (χ4n) is 8.60. The first kappa shape index (κ1) is 64.6. The van der Waals surface area contributed by atoms with E-state index >= 15 is 0 Å². The monoisotopic (exact) mass is 941 g/mol. The maximum absolute atomic E-state index is 12.8. The third-order valence-corrected chi connectivity index (χ3v) is 13.1. The van der Waals surface area contributed by atoms with E-state index in [9.17, 15) is 14.4 Å². The Balaban J connectivity index is 4.30. The Morgan fingerprint density at radius 3 is 0.761 bits per heavy atom. The van der Waals surface area contributed by atoms with Crippen LogP contribution in [-0.4, -0.2) is 37.2 Å². The van der Waals surface area contributed by atoms with E-state index in [0.29, 0.717) is 19.3 Å². The molecule has 0 aliphatic heterocycles. The standard InChI is InChI=1S/C61H112O6/c1-4-7-10-13-16-19-22-25-27-28-29-30-31-32-34-36-39-42-45-48-51-54-60(63)66-57-58(56-65-59(62)53-50-47-44-41-38-35-24-21-18-15-12-9-6-3)67-61(64)55-52-49-46-43-40-37-33-26-23-20-17-14-11-8-5-2/h20-21,23-25,27,58H,4-19,22,26,28-57H2,1-3H3/b23-20-,24-21-,27-25-/t58-/m0/s1. The van der Waals surface area contributed by atoms with Crippen LogP contribution < -0.4 is 0 Å². The van der Waals surface area contributed by atoms with Crippen LogP contribution in [0, 0.1) is 0 Å². The van der Waals surface area contributed by atoms with E-state index in [1.54, 1.807) is 0 Å². The number of esters is 3. The molecule has 6 nitrogen and oxygen atoms in total. The number of hydrogen-bond acceptors (Lipinski definition) is 6. The van der Waals surface area contributed by atoms with Gasteiger partial charge in [0, 0.05) is 19.3 Å². The second kappa shape index (κ2) is 56.2. The Morgan fingerprint density at radius 1 is 0.284 bits per heavy atom. The van der Waals surface area contributed by atoms with Gasteiger partial charge in [-0.1, -0.05) is 237 Å². The first-order valence-corrected chi connectivity index (χ1v) is 29.5. The maximum Gasteiger partial charge on any atom is 0.306 e. The highest BCUT2D eigenvalue weighted by Crippen LogP contribution is 2.16.